The normalized spacial score (nSPS) is 16.1. The summed E-state index contributed by atoms with van der Waals surface area (Å²) in [6, 6.07) is 16.3. The number of likely N-dealkylation sites (tertiary alicyclic amines) is 1. The van der Waals surface area contributed by atoms with Crippen molar-refractivity contribution < 1.29 is 9.53 Å². The van der Waals surface area contributed by atoms with Crippen LogP contribution in [0.3, 0.4) is 0 Å². The van der Waals surface area contributed by atoms with Crippen LogP contribution in [-0.2, 0) is 4.79 Å². The number of imidazole rings is 1. The third-order valence-corrected chi connectivity index (χ3v) is 6.03. The SMILES string of the molecule is C/C(Cl)=C/C(=O)N1CCC(n2c(=O)n(-c3ccc(Oc4ccccc4)cc3)c3c(N)ncnc32)C1. The number of benzene rings is 2. The molecule has 0 spiro atoms. The third kappa shape index (κ3) is 4.38. The van der Waals surface area contributed by atoms with Gasteiger partial charge in [0, 0.05) is 24.2 Å². The number of carbonyl (C=O) groups is 1. The fourth-order valence-corrected chi connectivity index (χ4v) is 4.43. The number of nitrogen functional groups attached to an aromatic ring is 1. The molecule has 1 saturated heterocycles. The lowest BCUT2D eigenvalue weighted by atomic mass is 10.2. The van der Waals surface area contributed by atoms with E-state index in [2.05, 4.69) is 9.97 Å². The van der Waals surface area contributed by atoms with Gasteiger partial charge in [0.05, 0.1) is 11.7 Å². The van der Waals surface area contributed by atoms with Gasteiger partial charge >= 0.3 is 5.69 Å². The monoisotopic (exact) mass is 490 g/mol. The second-order valence-electron chi connectivity index (χ2n) is 8.29. The quantitative estimate of drug-likeness (QED) is 0.425. The third-order valence-electron chi connectivity index (χ3n) is 5.92. The number of fused-ring (bicyclic) bond motifs is 1. The summed E-state index contributed by atoms with van der Waals surface area (Å²) < 4.78 is 8.97. The highest BCUT2D eigenvalue weighted by atomic mass is 35.5. The van der Waals surface area contributed by atoms with Gasteiger partial charge in [-0.05, 0) is 49.7 Å². The molecule has 2 aromatic carbocycles. The van der Waals surface area contributed by atoms with Crippen LogP contribution in [-0.4, -0.2) is 43.0 Å². The van der Waals surface area contributed by atoms with Crippen LogP contribution in [0.2, 0.25) is 0 Å². The number of aromatic nitrogens is 4. The lowest BCUT2D eigenvalue weighted by molar-refractivity contribution is -0.125. The predicted molar refractivity (Wildman–Crippen MR) is 134 cm³/mol. The molecule has 2 aromatic heterocycles. The topological polar surface area (TPSA) is 108 Å². The van der Waals surface area contributed by atoms with E-state index < -0.39 is 0 Å². The molecule has 1 unspecified atom stereocenters. The number of nitrogens with two attached hydrogens (primary N) is 1. The molecule has 5 rings (SSSR count). The number of anilines is 1. The number of hydrogen-bond acceptors (Lipinski definition) is 6. The molecular weight excluding hydrogens is 468 g/mol. The van der Waals surface area contributed by atoms with Crippen LogP contribution in [0.1, 0.15) is 19.4 Å². The van der Waals surface area contributed by atoms with Gasteiger partial charge in [-0.15, -0.1) is 0 Å². The van der Waals surface area contributed by atoms with Gasteiger partial charge in [0.2, 0.25) is 5.91 Å². The van der Waals surface area contributed by atoms with Crippen LogP contribution in [0, 0.1) is 0 Å². The van der Waals surface area contributed by atoms with E-state index in [1.54, 1.807) is 40.7 Å². The molecule has 1 aliphatic heterocycles. The fourth-order valence-electron chi connectivity index (χ4n) is 4.34. The Morgan fingerprint density at radius 1 is 1.11 bits per heavy atom. The Hall–Kier alpha value is -4.11. The Balaban J connectivity index is 1.52. The minimum atomic E-state index is -0.299. The molecule has 0 saturated carbocycles. The average molecular weight is 491 g/mol. The maximum absolute atomic E-state index is 13.7. The summed E-state index contributed by atoms with van der Waals surface area (Å²) in [7, 11) is 0. The standard InChI is InChI=1S/C25H23ClN6O3/c1-16(26)13-21(33)30-12-11-18(14-30)32-24-22(23(27)28-15-29-24)31(25(32)34)17-7-9-20(10-8-17)35-19-5-3-2-4-6-19/h2-10,13,15,18H,11-12,14H2,1H3,(H2,27,28,29)/b16-13-. The average Bonchev–Trinajstić information content (AvgIpc) is 3.43. The molecule has 0 aliphatic carbocycles. The van der Waals surface area contributed by atoms with Crippen molar-refractivity contribution >= 4 is 34.5 Å². The summed E-state index contributed by atoms with van der Waals surface area (Å²) in [6.07, 6.45) is 3.33. The van der Waals surface area contributed by atoms with Crippen LogP contribution in [0.4, 0.5) is 5.82 Å². The molecule has 2 N–H and O–H groups in total. The Morgan fingerprint density at radius 3 is 2.54 bits per heavy atom. The molecule has 35 heavy (non-hydrogen) atoms. The van der Waals surface area contributed by atoms with E-state index in [0.717, 1.165) is 0 Å². The van der Waals surface area contributed by atoms with Crippen molar-refractivity contribution in [2.24, 2.45) is 0 Å². The maximum Gasteiger partial charge on any atom is 0.335 e. The molecule has 1 amide bonds. The Bertz CT molecular complexity index is 1470. The highest BCUT2D eigenvalue weighted by Gasteiger charge is 2.31. The molecule has 1 aliphatic rings. The zero-order valence-corrected chi connectivity index (χ0v) is 19.7. The molecule has 1 atom stereocenters. The van der Waals surface area contributed by atoms with Gasteiger partial charge in [-0.3, -0.25) is 13.9 Å². The van der Waals surface area contributed by atoms with E-state index in [9.17, 15) is 9.59 Å². The minimum absolute atomic E-state index is 0.181. The van der Waals surface area contributed by atoms with E-state index >= 15 is 0 Å². The number of nitrogens with zero attached hydrogens (tertiary/aromatic N) is 5. The van der Waals surface area contributed by atoms with Crippen molar-refractivity contribution in [1.29, 1.82) is 0 Å². The van der Waals surface area contributed by atoms with E-state index in [1.807, 2.05) is 30.3 Å². The van der Waals surface area contributed by atoms with Crippen LogP contribution in [0.5, 0.6) is 11.5 Å². The van der Waals surface area contributed by atoms with Crippen molar-refractivity contribution in [1.82, 2.24) is 24.0 Å². The Morgan fingerprint density at radius 2 is 1.83 bits per heavy atom. The fraction of sp³-hybridized carbons (Fsp3) is 0.200. The van der Waals surface area contributed by atoms with Crippen molar-refractivity contribution in [3.05, 3.63) is 82.5 Å². The summed E-state index contributed by atoms with van der Waals surface area (Å²) >= 11 is 5.87. The van der Waals surface area contributed by atoms with Crippen LogP contribution >= 0.6 is 11.6 Å². The number of allylic oxidation sites excluding steroid dienone is 1. The molecule has 9 nitrogen and oxygen atoms in total. The lowest BCUT2D eigenvalue weighted by Gasteiger charge is -2.15. The van der Waals surface area contributed by atoms with Gasteiger partial charge in [-0.1, -0.05) is 29.8 Å². The minimum Gasteiger partial charge on any atom is -0.457 e. The molecule has 10 heteroatoms. The number of hydrogen-bond donors (Lipinski definition) is 1. The second kappa shape index (κ2) is 9.27. The van der Waals surface area contributed by atoms with Gasteiger partial charge in [0.15, 0.2) is 11.5 Å². The van der Waals surface area contributed by atoms with Crippen molar-refractivity contribution in [3.8, 4) is 17.2 Å². The molecule has 178 valence electrons. The van der Waals surface area contributed by atoms with Gasteiger partial charge in [-0.25, -0.2) is 14.8 Å². The van der Waals surface area contributed by atoms with Gasteiger partial charge in [0.1, 0.15) is 23.3 Å². The molecule has 0 bridgehead atoms. The summed E-state index contributed by atoms with van der Waals surface area (Å²) in [6.45, 7) is 2.53. The van der Waals surface area contributed by atoms with Crippen molar-refractivity contribution in [3.63, 3.8) is 0 Å². The van der Waals surface area contributed by atoms with Gasteiger partial charge in [0.25, 0.3) is 0 Å². The first kappa shape index (κ1) is 22.7. The molecule has 1 fully saturated rings. The van der Waals surface area contributed by atoms with Crippen LogP contribution in [0.25, 0.3) is 16.9 Å². The number of halogens is 1. The van der Waals surface area contributed by atoms with Crippen molar-refractivity contribution in [2.75, 3.05) is 18.8 Å². The zero-order valence-electron chi connectivity index (χ0n) is 19.0. The zero-order chi connectivity index (χ0) is 24.5. The second-order valence-corrected chi connectivity index (χ2v) is 8.88. The van der Waals surface area contributed by atoms with Gasteiger partial charge < -0.3 is 15.4 Å². The first-order chi connectivity index (χ1) is 16.9. The lowest BCUT2D eigenvalue weighted by Crippen LogP contribution is -2.31. The first-order valence-electron chi connectivity index (χ1n) is 11.1. The van der Waals surface area contributed by atoms with Crippen LogP contribution in [0.15, 0.2) is 76.8 Å². The molecular formula is C25H23ClN6O3. The molecule has 3 heterocycles. The highest BCUT2D eigenvalue weighted by Crippen LogP contribution is 2.29. The van der Waals surface area contributed by atoms with Crippen LogP contribution < -0.4 is 16.2 Å². The molecule has 0 radical (unpaired) electrons. The number of para-hydroxylation sites is 1. The summed E-state index contributed by atoms with van der Waals surface area (Å²) in [5, 5.41) is 0.410. The van der Waals surface area contributed by atoms with E-state index in [4.69, 9.17) is 22.1 Å². The van der Waals surface area contributed by atoms with Gasteiger partial charge in [-0.2, -0.15) is 0 Å². The van der Waals surface area contributed by atoms with E-state index in [0.29, 0.717) is 52.9 Å². The van der Waals surface area contributed by atoms with Crippen molar-refractivity contribution in [2.45, 2.75) is 19.4 Å². The molecule has 4 aromatic rings. The number of amides is 1. The predicted octanol–water partition coefficient (Wildman–Crippen LogP) is 3.87. The van der Waals surface area contributed by atoms with E-state index in [1.165, 1.54) is 17.0 Å². The maximum atomic E-state index is 13.7. The smallest absolute Gasteiger partial charge is 0.335 e. The first-order valence-corrected chi connectivity index (χ1v) is 11.5. The largest absolute Gasteiger partial charge is 0.457 e. The summed E-state index contributed by atoms with van der Waals surface area (Å²) in [5.74, 6) is 1.36. The summed E-state index contributed by atoms with van der Waals surface area (Å²) in [5.41, 5.74) is 7.36. The van der Waals surface area contributed by atoms with E-state index in [-0.39, 0.29) is 23.5 Å². The number of rotatable bonds is 5. The highest BCUT2D eigenvalue weighted by molar-refractivity contribution is 6.30. The summed E-state index contributed by atoms with van der Waals surface area (Å²) in [4.78, 5) is 36.3. The Labute approximate surface area is 206 Å². The number of ether oxygens (including phenoxy) is 1. The number of carbonyl (C=O) groups excluding carboxylic acids is 1. The Kier molecular flexibility index (Phi) is 6.00.